The molecule has 2 atom stereocenters. The molecule has 0 aromatic carbocycles. The van der Waals surface area contributed by atoms with E-state index in [1.165, 1.54) is 0 Å². The molecule has 0 aliphatic heterocycles. The van der Waals surface area contributed by atoms with Crippen LogP contribution in [-0.4, -0.2) is 23.5 Å². The molecule has 2 N–H and O–H groups in total. The predicted molar refractivity (Wildman–Crippen MR) is 60.9 cm³/mol. The molecule has 1 amide bonds. The summed E-state index contributed by atoms with van der Waals surface area (Å²) in [6.45, 7) is 5.96. The van der Waals surface area contributed by atoms with E-state index in [1.807, 2.05) is 6.92 Å². The summed E-state index contributed by atoms with van der Waals surface area (Å²) in [4.78, 5) is 22.8. The van der Waals surface area contributed by atoms with Crippen molar-refractivity contribution in [2.75, 3.05) is 6.54 Å². The minimum atomic E-state index is -0.852. The van der Waals surface area contributed by atoms with Gasteiger partial charge in [0.1, 0.15) is 0 Å². The van der Waals surface area contributed by atoms with Gasteiger partial charge in [0.2, 0.25) is 5.91 Å². The lowest BCUT2D eigenvalue weighted by Gasteiger charge is -2.27. The minimum Gasteiger partial charge on any atom is -0.481 e. The van der Waals surface area contributed by atoms with Crippen molar-refractivity contribution in [3.63, 3.8) is 0 Å². The van der Waals surface area contributed by atoms with E-state index >= 15 is 0 Å². The first kappa shape index (κ1) is 12.7. The second-order valence-electron chi connectivity index (χ2n) is 4.51. The quantitative estimate of drug-likeness (QED) is 0.714. The van der Waals surface area contributed by atoms with Crippen molar-refractivity contribution in [1.82, 2.24) is 5.32 Å². The molecule has 0 spiro atoms. The van der Waals surface area contributed by atoms with Crippen LogP contribution in [0, 0.1) is 11.8 Å². The second-order valence-corrected chi connectivity index (χ2v) is 4.51. The predicted octanol–water partition coefficient (Wildman–Crippen LogP) is 1.57. The summed E-state index contributed by atoms with van der Waals surface area (Å²) in [6.07, 6.45) is 3.13. The van der Waals surface area contributed by atoms with Gasteiger partial charge in [-0.15, -0.1) is 0 Å². The molecule has 4 nitrogen and oxygen atoms in total. The van der Waals surface area contributed by atoms with Crippen molar-refractivity contribution in [1.29, 1.82) is 0 Å². The van der Waals surface area contributed by atoms with Crippen LogP contribution in [0.2, 0.25) is 0 Å². The molecule has 1 rings (SSSR count). The average Bonchev–Trinajstić information content (AvgIpc) is 2.25. The Bertz CT molecular complexity index is 299. The molecule has 0 aromatic rings. The summed E-state index contributed by atoms with van der Waals surface area (Å²) in [5, 5.41) is 11.8. The van der Waals surface area contributed by atoms with Crippen molar-refractivity contribution in [2.45, 2.75) is 32.6 Å². The zero-order valence-corrected chi connectivity index (χ0v) is 9.66. The number of aliphatic carboxylic acids is 1. The number of hydrogen-bond donors (Lipinski definition) is 2. The number of rotatable bonds is 4. The van der Waals surface area contributed by atoms with E-state index in [1.54, 1.807) is 0 Å². The maximum absolute atomic E-state index is 11.8. The van der Waals surface area contributed by atoms with E-state index in [2.05, 4.69) is 11.9 Å². The van der Waals surface area contributed by atoms with E-state index in [4.69, 9.17) is 5.11 Å². The van der Waals surface area contributed by atoms with Gasteiger partial charge in [-0.05, 0) is 19.8 Å². The topological polar surface area (TPSA) is 66.4 Å². The Morgan fingerprint density at radius 2 is 1.88 bits per heavy atom. The first-order chi connectivity index (χ1) is 7.52. The fourth-order valence-corrected chi connectivity index (χ4v) is 2.11. The Morgan fingerprint density at radius 3 is 2.38 bits per heavy atom. The highest BCUT2D eigenvalue weighted by molar-refractivity contribution is 5.85. The van der Waals surface area contributed by atoms with Gasteiger partial charge in [0.15, 0.2) is 0 Å². The summed E-state index contributed by atoms with van der Waals surface area (Å²) in [7, 11) is 0. The molecule has 1 saturated carbocycles. The van der Waals surface area contributed by atoms with Crippen molar-refractivity contribution in [2.24, 2.45) is 11.8 Å². The van der Waals surface area contributed by atoms with Crippen LogP contribution < -0.4 is 5.32 Å². The molecule has 16 heavy (non-hydrogen) atoms. The zero-order valence-electron chi connectivity index (χ0n) is 9.66. The third-order valence-corrected chi connectivity index (χ3v) is 2.98. The molecule has 0 heterocycles. The van der Waals surface area contributed by atoms with Crippen LogP contribution in [-0.2, 0) is 9.59 Å². The van der Waals surface area contributed by atoms with Crippen LogP contribution in [0.1, 0.15) is 32.6 Å². The Balaban J connectivity index is 2.57. The average molecular weight is 225 g/mol. The molecule has 0 radical (unpaired) electrons. The maximum Gasteiger partial charge on any atom is 0.307 e. The number of amides is 1. The standard InChI is InChI=1S/C12H19NO3/c1-8(2)7-13-11(14)9-5-3-4-6-10(9)12(15)16/h9-10H,1,3-7H2,2H3,(H,13,14)(H,15,16)/t9-,10+/m1/s1. The highest BCUT2D eigenvalue weighted by Crippen LogP contribution is 2.30. The van der Waals surface area contributed by atoms with Gasteiger partial charge in [-0.2, -0.15) is 0 Å². The number of carboxylic acids is 1. The highest BCUT2D eigenvalue weighted by Gasteiger charge is 2.35. The molecule has 1 aliphatic rings. The van der Waals surface area contributed by atoms with Gasteiger partial charge in [-0.25, -0.2) is 0 Å². The number of carbonyl (C=O) groups excluding carboxylic acids is 1. The lowest BCUT2D eigenvalue weighted by molar-refractivity contribution is -0.148. The Kier molecular flexibility index (Phi) is 4.52. The van der Waals surface area contributed by atoms with Crippen LogP contribution in [0.5, 0.6) is 0 Å². The molecule has 90 valence electrons. The molecular weight excluding hydrogens is 206 g/mol. The normalized spacial score (nSPS) is 24.8. The monoisotopic (exact) mass is 225 g/mol. The fraction of sp³-hybridized carbons (Fsp3) is 0.667. The van der Waals surface area contributed by atoms with Gasteiger partial charge < -0.3 is 10.4 Å². The molecule has 0 bridgehead atoms. The van der Waals surface area contributed by atoms with Gasteiger partial charge in [0, 0.05) is 6.54 Å². The van der Waals surface area contributed by atoms with Gasteiger partial charge in [0.25, 0.3) is 0 Å². The van der Waals surface area contributed by atoms with Crippen LogP contribution in [0.15, 0.2) is 12.2 Å². The Labute approximate surface area is 95.7 Å². The van der Waals surface area contributed by atoms with Gasteiger partial charge in [0.05, 0.1) is 11.8 Å². The van der Waals surface area contributed by atoms with Crippen LogP contribution in [0.4, 0.5) is 0 Å². The second kappa shape index (κ2) is 5.68. The Hall–Kier alpha value is -1.32. The van der Waals surface area contributed by atoms with Crippen LogP contribution in [0.3, 0.4) is 0 Å². The third kappa shape index (κ3) is 3.36. The Morgan fingerprint density at radius 1 is 1.31 bits per heavy atom. The SMILES string of the molecule is C=C(C)CNC(=O)[C@@H]1CCCC[C@@H]1C(=O)O. The number of carboxylic acid groups (broad SMARTS) is 1. The molecule has 1 fully saturated rings. The van der Waals surface area contributed by atoms with E-state index in [0.29, 0.717) is 19.4 Å². The number of carbonyl (C=O) groups is 2. The zero-order chi connectivity index (χ0) is 12.1. The maximum atomic E-state index is 11.8. The summed E-state index contributed by atoms with van der Waals surface area (Å²) in [5.74, 6) is -1.88. The van der Waals surface area contributed by atoms with E-state index in [-0.39, 0.29) is 11.8 Å². The molecule has 0 saturated heterocycles. The smallest absolute Gasteiger partial charge is 0.307 e. The van der Waals surface area contributed by atoms with E-state index in [9.17, 15) is 9.59 Å². The lowest BCUT2D eigenvalue weighted by atomic mass is 9.78. The van der Waals surface area contributed by atoms with Gasteiger partial charge in [-0.1, -0.05) is 25.0 Å². The minimum absolute atomic E-state index is 0.143. The first-order valence-electron chi connectivity index (χ1n) is 5.67. The van der Waals surface area contributed by atoms with Crippen molar-refractivity contribution in [3.05, 3.63) is 12.2 Å². The highest BCUT2D eigenvalue weighted by atomic mass is 16.4. The largest absolute Gasteiger partial charge is 0.481 e. The van der Waals surface area contributed by atoms with Crippen molar-refractivity contribution in [3.8, 4) is 0 Å². The lowest BCUT2D eigenvalue weighted by Crippen LogP contribution is -2.40. The molecular formula is C12H19NO3. The van der Waals surface area contributed by atoms with Crippen LogP contribution >= 0.6 is 0 Å². The van der Waals surface area contributed by atoms with Crippen molar-refractivity contribution < 1.29 is 14.7 Å². The van der Waals surface area contributed by atoms with Crippen LogP contribution in [0.25, 0.3) is 0 Å². The molecule has 0 aromatic heterocycles. The molecule has 4 heteroatoms. The van der Waals surface area contributed by atoms with E-state index in [0.717, 1.165) is 18.4 Å². The summed E-state index contributed by atoms with van der Waals surface area (Å²) in [5.41, 5.74) is 0.871. The summed E-state index contributed by atoms with van der Waals surface area (Å²) in [6, 6.07) is 0. The number of hydrogen-bond acceptors (Lipinski definition) is 2. The number of nitrogens with one attached hydrogen (secondary N) is 1. The molecule has 1 aliphatic carbocycles. The summed E-state index contributed by atoms with van der Waals surface area (Å²) < 4.78 is 0. The fourth-order valence-electron chi connectivity index (χ4n) is 2.11. The third-order valence-electron chi connectivity index (χ3n) is 2.98. The van der Waals surface area contributed by atoms with E-state index < -0.39 is 11.9 Å². The van der Waals surface area contributed by atoms with Crippen molar-refractivity contribution >= 4 is 11.9 Å². The summed E-state index contributed by atoms with van der Waals surface area (Å²) >= 11 is 0. The van der Waals surface area contributed by atoms with Gasteiger partial charge in [-0.3, -0.25) is 9.59 Å². The van der Waals surface area contributed by atoms with Gasteiger partial charge >= 0.3 is 5.97 Å². The molecule has 0 unspecified atom stereocenters. The first-order valence-corrected chi connectivity index (χ1v) is 5.67.